The van der Waals surface area contributed by atoms with Crippen LogP contribution in [0.5, 0.6) is 11.5 Å². The lowest BCUT2D eigenvalue weighted by Crippen LogP contribution is -2.59. The first kappa shape index (κ1) is 12.3. The molecule has 0 amide bonds. The number of aliphatic hydroxyl groups is 1. The molecule has 0 aliphatic carbocycles. The monoisotopic (exact) mass is 229 g/mol. The Morgan fingerprint density at radius 2 is 1.94 bits per heavy atom. The minimum atomic E-state index is -1.72. The Hall–Kier alpha value is -1.13. The van der Waals surface area contributed by atoms with Crippen molar-refractivity contribution >= 4 is 15.7 Å². The highest BCUT2D eigenvalue weighted by atomic mass is 16.7. The van der Waals surface area contributed by atoms with Crippen molar-refractivity contribution in [2.45, 2.75) is 17.9 Å². The number of hydrogen-bond donors (Lipinski definition) is 2. The van der Waals surface area contributed by atoms with Crippen LogP contribution in [0, 0.1) is 0 Å². The number of likely N-dealkylation sites (N-methyl/N-ethyl adjacent to an activating group) is 1. The van der Waals surface area contributed by atoms with Crippen molar-refractivity contribution in [3.05, 3.63) is 23.8 Å². The van der Waals surface area contributed by atoms with E-state index in [1.165, 1.54) is 0 Å². The summed E-state index contributed by atoms with van der Waals surface area (Å²) in [6.07, 6.45) is 0. The highest BCUT2D eigenvalue weighted by Crippen LogP contribution is 2.37. The predicted octanol–water partition coefficient (Wildman–Crippen LogP) is -0.167. The van der Waals surface area contributed by atoms with Gasteiger partial charge < -0.3 is 19.9 Å². The van der Waals surface area contributed by atoms with Crippen LogP contribution in [0.15, 0.2) is 18.2 Å². The van der Waals surface area contributed by atoms with E-state index in [9.17, 15) is 5.11 Å². The Morgan fingerprint density at radius 3 is 2.59 bits per heavy atom. The zero-order valence-electron chi connectivity index (χ0n) is 9.86. The van der Waals surface area contributed by atoms with E-state index in [0.717, 1.165) is 0 Å². The maximum absolute atomic E-state index is 10.3. The lowest BCUT2D eigenvalue weighted by molar-refractivity contribution is 0.0712. The van der Waals surface area contributed by atoms with E-state index in [1.807, 2.05) is 0 Å². The van der Waals surface area contributed by atoms with Gasteiger partial charge in [-0.3, -0.25) is 0 Å². The van der Waals surface area contributed by atoms with Gasteiger partial charge in [0.2, 0.25) is 6.79 Å². The number of benzene rings is 1. The second-order valence-electron chi connectivity index (χ2n) is 4.29. The summed E-state index contributed by atoms with van der Waals surface area (Å²) in [5.41, 5.74) is -2.43. The number of hydrogen-bond acceptors (Lipinski definition) is 4. The molecule has 2 N–H and O–H groups in total. The van der Waals surface area contributed by atoms with Gasteiger partial charge in [-0.15, -0.1) is 0 Å². The molecule has 1 aromatic rings. The molecule has 0 bridgehead atoms. The minimum Gasteiger partial charge on any atom is -0.454 e. The number of nitrogens with one attached hydrogen (secondary N) is 1. The van der Waals surface area contributed by atoms with Gasteiger partial charge >= 0.3 is 0 Å². The van der Waals surface area contributed by atoms with Gasteiger partial charge in [0.05, 0.1) is 13.3 Å². The zero-order chi connectivity index (χ0) is 12.7. The number of fused-ring (bicyclic) bond motifs is 1. The molecule has 4 radical (unpaired) electrons. The average Bonchev–Trinajstić information content (AvgIpc) is 2.75. The van der Waals surface area contributed by atoms with E-state index >= 15 is 0 Å². The molecule has 0 aromatic heterocycles. The van der Waals surface area contributed by atoms with Crippen LogP contribution >= 0.6 is 0 Å². The molecular formula is C11H13B2NO3. The van der Waals surface area contributed by atoms with Gasteiger partial charge in [-0.25, -0.2) is 0 Å². The Labute approximate surface area is 103 Å². The molecule has 0 fully saturated rings. The van der Waals surface area contributed by atoms with Gasteiger partial charge in [0.15, 0.2) is 11.5 Å². The van der Waals surface area contributed by atoms with Crippen molar-refractivity contribution in [1.82, 2.24) is 5.32 Å². The highest BCUT2D eigenvalue weighted by molar-refractivity contribution is 6.25. The van der Waals surface area contributed by atoms with Crippen LogP contribution in [0.25, 0.3) is 0 Å². The first-order valence-corrected chi connectivity index (χ1v) is 5.27. The van der Waals surface area contributed by atoms with Crippen molar-refractivity contribution in [2.24, 2.45) is 0 Å². The Kier molecular flexibility index (Phi) is 2.87. The molecule has 0 saturated carbocycles. The van der Waals surface area contributed by atoms with Crippen LogP contribution in [0.1, 0.15) is 12.5 Å². The molecule has 0 saturated heterocycles. The van der Waals surface area contributed by atoms with Crippen LogP contribution in [-0.2, 0) is 5.50 Å². The van der Waals surface area contributed by atoms with Crippen LogP contribution in [0.3, 0.4) is 0 Å². The van der Waals surface area contributed by atoms with Crippen molar-refractivity contribution < 1.29 is 14.6 Å². The van der Waals surface area contributed by atoms with E-state index in [4.69, 9.17) is 25.2 Å². The largest absolute Gasteiger partial charge is 0.454 e. The fourth-order valence-corrected chi connectivity index (χ4v) is 1.62. The quantitative estimate of drug-likeness (QED) is 0.706. The van der Waals surface area contributed by atoms with E-state index in [1.54, 1.807) is 32.2 Å². The average molecular weight is 229 g/mol. The molecule has 2 atom stereocenters. The molecule has 17 heavy (non-hydrogen) atoms. The summed E-state index contributed by atoms with van der Waals surface area (Å²) in [5.74, 6) is 1.19. The lowest BCUT2D eigenvalue weighted by Gasteiger charge is -2.41. The van der Waals surface area contributed by atoms with E-state index in [0.29, 0.717) is 17.1 Å². The van der Waals surface area contributed by atoms with Crippen molar-refractivity contribution in [2.75, 3.05) is 13.8 Å². The van der Waals surface area contributed by atoms with Crippen molar-refractivity contribution in [3.63, 3.8) is 0 Å². The summed E-state index contributed by atoms with van der Waals surface area (Å²) in [7, 11) is 13.4. The number of rotatable bonds is 3. The predicted molar refractivity (Wildman–Crippen MR) is 65.4 cm³/mol. The maximum Gasteiger partial charge on any atom is 0.231 e. The Morgan fingerprint density at radius 1 is 1.29 bits per heavy atom. The summed E-state index contributed by atoms with van der Waals surface area (Å²) in [6.45, 7) is 1.78. The Balaban J connectivity index is 2.40. The van der Waals surface area contributed by atoms with Crippen LogP contribution < -0.4 is 14.8 Å². The van der Waals surface area contributed by atoms with Crippen molar-refractivity contribution in [3.8, 4) is 11.5 Å². The van der Waals surface area contributed by atoms with E-state index < -0.39 is 10.9 Å². The summed E-state index contributed by atoms with van der Waals surface area (Å²) < 4.78 is 10.4. The van der Waals surface area contributed by atoms with Gasteiger partial charge in [0, 0.05) is 0 Å². The summed E-state index contributed by atoms with van der Waals surface area (Å²) in [4.78, 5) is 0. The van der Waals surface area contributed by atoms with Gasteiger partial charge in [-0.2, -0.15) is 0 Å². The first-order chi connectivity index (χ1) is 7.88. The molecule has 1 aromatic carbocycles. The second-order valence-corrected chi connectivity index (χ2v) is 4.29. The van der Waals surface area contributed by atoms with Gasteiger partial charge in [-0.1, -0.05) is 13.0 Å². The van der Waals surface area contributed by atoms with Gasteiger partial charge in [-0.05, 0) is 30.2 Å². The first-order valence-electron chi connectivity index (χ1n) is 5.27. The molecular weight excluding hydrogens is 216 g/mol. The fourth-order valence-electron chi connectivity index (χ4n) is 1.62. The molecule has 86 valence electrons. The fraction of sp³-hybridized carbons (Fsp3) is 0.455. The van der Waals surface area contributed by atoms with Gasteiger partial charge in [0.1, 0.15) is 7.85 Å². The molecule has 4 nitrogen and oxygen atoms in total. The maximum atomic E-state index is 10.3. The normalized spacial score (nSPS) is 20.6. The SMILES string of the molecule is [B]C(C)(NC)C([B])(O)c1ccc2c(c1)OCO2. The van der Waals surface area contributed by atoms with Crippen LogP contribution in [0.4, 0.5) is 0 Å². The van der Waals surface area contributed by atoms with E-state index in [2.05, 4.69) is 5.32 Å². The summed E-state index contributed by atoms with van der Waals surface area (Å²) in [5, 5.41) is 13.1. The molecule has 0 spiro atoms. The number of ether oxygens (including phenoxy) is 2. The van der Waals surface area contributed by atoms with Crippen LogP contribution in [-0.4, -0.2) is 40.1 Å². The molecule has 2 unspecified atom stereocenters. The molecule has 1 heterocycles. The molecule has 1 aliphatic rings. The topological polar surface area (TPSA) is 50.7 Å². The van der Waals surface area contributed by atoms with E-state index in [-0.39, 0.29) is 6.79 Å². The standard InChI is InChI=1S/C11H13B2NO3/c1-10(12,14-2)11(13,15)7-3-4-8-9(5-7)17-6-16-8/h3-5,14-15H,6H2,1-2H3. The molecule has 2 rings (SSSR count). The smallest absolute Gasteiger partial charge is 0.231 e. The second kappa shape index (κ2) is 3.96. The summed E-state index contributed by atoms with van der Waals surface area (Å²) in [6, 6.07) is 4.99. The third kappa shape index (κ3) is 1.91. The lowest BCUT2D eigenvalue weighted by atomic mass is 9.55. The minimum absolute atomic E-state index is 0.174. The molecule has 1 aliphatic heterocycles. The van der Waals surface area contributed by atoms with Crippen LogP contribution in [0.2, 0.25) is 0 Å². The third-order valence-electron chi connectivity index (χ3n) is 3.12. The van der Waals surface area contributed by atoms with Gasteiger partial charge in [0.25, 0.3) is 0 Å². The summed E-state index contributed by atoms with van der Waals surface area (Å²) >= 11 is 0. The highest BCUT2D eigenvalue weighted by Gasteiger charge is 2.38. The zero-order valence-corrected chi connectivity index (χ0v) is 9.86. The third-order valence-corrected chi connectivity index (χ3v) is 3.12. The Bertz CT molecular complexity index is 435. The molecule has 6 heteroatoms. The van der Waals surface area contributed by atoms with Crippen molar-refractivity contribution in [1.29, 1.82) is 0 Å².